The number of non-ortho nitro benzene ring substituents is 1. The van der Waals surface area contributed by atoms with Crippen molar-refractivity contribution in [3.05, 3.63) is 68.7 Å². The molecule has 0 fully saturated rings. The Labute approximate surface area is 172 Å². The van der Waals surface area contributed by atoms with Crippen LogP contribution < -0.4 is 10.7 Å². The summed E-state index contributed by atoms with van der Waals surface area (Å²) >= 11 is 5.79. The lowest BCUT2D eigenvalue weighted by atomic mass is 10.2. The molecule has 0 aliphatic rings. The molecule has 8 nitrogen and oxygen atoms in total. The molecule has 2 aromatic carbocycles. The van der Waals surface area contributed by atoms with E-state index in [0.717, 1.165) is 12.1 Å². The highest BCUT2D eigenvalue weighted by atomic mass is 35.5. The van der Waals surface area contributed by atoms with E-state index in [-0.39, 0.29) is 29.2 Å². The molecular formula is C18H14ClF3N4O4. The number of carbonyl (C=O) groups is 2. The van der Waals surface area contributed by atoms with Gasteiger partial charge in [0.1, 0.15) is 0 Å². The number of hydrogen-bond acceptors (Lipinski definition) is 5. The first-order valence-corrected chi connectivity index (χ1v) is 8.67. The lowest BCUT2D eigenvalue weighted by Crippen LogP contribution is -2.21. The van der Waals surface area contributed by atoms with Gasteiger partial charge in [-0.15, -0.1) is 0 Å². The quantitative estimate of drug-likeness (QED) is 0.381. The Hall–Kier alpha value is -3.47. The molecule has 30 heavy (non-hydrogen) atoms. The molecule has 0 saturated carbocycles. The standard InChI is InChI=1S/C18H14ClF3N4O4/c19-14-6-3-12(18(20,21)22)9-15(14)24-16(27)7-8-17(28)25-23-10-11-1-4-13(5-2-11)26(29)30/h1-6,9-10H,7-8H2,(H,24,27)(H,25,28)/b23-10+. The number of anilines is 1. The van der Waals surface area contributed by atoms with Gasteiger partial charge in [-0.3, -0.25) is 19.7 Å². The summed E-state index contributed by atoms with van der Waals surface area (Å²) in [7, 11) is 0. The molecule has 0 radical (unpaired) electrons. The van der Waals surface area contributed by atoms with E-state index >= 15 is 0 Å². The molecule has 158 valence electrons. The van der Waals surface area contributed by atoms with Crippen LogP contribution >= 0.6 is 11.6 Å². The Morgan fingerprint density at radius 1 is 1.10 bits per heavy atom. The SMILES string of the molecule is O=C(CCC(=O)Nc1cc(C(F)(F)F)ccc1Cl)N/N=C/c1ccc([N+](=O)[O-])cc1. The van der Waals surface area contributed by atoms with Crippen molar-refractivity contribution < 1.29 is 27.7 Å². The molecule has 2 amide bonds. The van der Waals surface area contributed by atoms with Crippen molar-refractivity contribution >= 4 is 41.0 Å². The van der Waals surface area contributed by atoms with E-state index in [1.54, 1.807) is 0 Å². The number of amides is 2. The number of halogens is 4. The minimum atomic E-state index is -4.59. The number of alkyl halides is 3. The van der Waals surface area contributed by atoms with Gasteiger partial charge in [0, 0.05) is 25.0 Å². The third-order valence-corrected chi connectivity index (χ3v) is 3.98. The van der Waals surface area contributed by atoms with Crippen molar-refractivity contribution in [2.24, 2.45) is 5.10 Å². The number of nitro groups is 1. The highest BCUT2D eigenvalue weighted by Crippen LogP contribution is 2.33. The maximum absolute atomic E-state index is 12.7. The summed E-state index contributed by atoms with van der Waals surface area (Å²) in [6, 6.07) is 7.90. The van der Waals surface area contributed by atoms with Crippen molar-refractivity contribution in [2.45, 2.75) is 19.0 Å². The summed E-state index contributed by atoms with van der Waals surface area (Å²) in [6.07, 6.45) is -3.93. The topological polar surface area (TPSA) is 114 Å². The Bertz CT molecular complexity index is 978. The average Bonchev–Trinajstić information content (AvgIpc) is 2.67. The fourth-order valence-corrected chi connectivity index (χ4v) is 2.32. The fourth-order valence-electron chi connectivity index (χ4n) is 2.15. The molecule has 0 aliphatic carbocycles. The predicted molar refractivity (Wildman–Crippen MR) is 103 cm³/mol. The van der Waals surface area contributed by atoms with Crippen LogP contribution in [0.3, 0.4) is 0 Å². The zero-order valence-electron chi connectivity index (χ0n) is 15.1. The van der Waals surface area contributed by atoms with Crippen LogP contribution in [0.25, 0.3) is 0 Å². The third-order valence-electron chi connectivity index (χ3n) is 3.65. The van der Waals surface area contributed by atoms with Gasteiger partial charge in [0.25, 0.3) is 5.69 Å². The van der Waals surface area contributed by atoms with E-state index in [0.29, 0.717) is 11.6 Å². The number of hydrogen-bond donors (Lipinski definition) is 2. The van der Waals surface area contributed by atoms with Crippen LogP contribution in [0.5, 0.6) is 0 Å². The van der Waals surface area contributed by atoms with Gasteiger partial charge >= 0.3 is 6.18 Å². The Morgan fingerprint density at radius 3 is 2.33 bits per heavy atom. The molecule has 0 aliphatic heterocycles. The second kappa shape index (κ2) is 9.83. The molecule has 0 unspecified atom stereocenters. The van der Waals surface area contributed by atoms with Gasteiger partial charge in [-0.25, -0.2) is 5.43 Å². The first-order chi connectivity index (χ1) is 14.1. The van der Waals surface area contributed by atoms with Gasteiger partial charge in [0.15, 0.2) is 0 Å². The van der Waals surface area contributed by atoms with Crippen LogP contribution in [0.2, 0.25) is 5.02 Å². The van der Waals surface area contributed by atoms with Crippen LogP contribution in [0.1, 0.15) is 24.0 Å². The second-order valence-electron chi connectivity index (χ2n) is 5.88. The molecule has 12 heteroatoms. The van der Waals surface area contributed by atoms with Crippen molar-refractivity contribution in [3.63, 3.8) is 0 Å². The molecule has 0 aromatic heterocycles. The predicted octanol–water partition coefficient (Wildman–Crippen LogP) is 4.14. The van der Waals surface area contributed by atoms with Crippen LogP contribution in [0, 0.1) is 10.1 Å². The maximum Gasteiger partial charge on any atom is 0.416 e. The van der Waals surface area contributed by atoms with Crippen molar-refractivity contribution in [3.8, 4) is 0 Å². The Morgan fingerprint density at radius 2 is 1.73 bits per heavy atom. The number of carbonyl (C=O) groups excluding carboxylic acids is 2. The molecule has 2 aromatic rings. The lowest BCUT2D eigenvalue weighted by Gasteiger charge is -2.11. The third kappa shape index (κ3) is 6.85. The molecule has 0 heterocycles. The number of nitrogens with zero attached hydrogens (tertiary/aromatic N) is 2. The van der Waals surface area contributed by atoms with Crippen LogP contribution in [-0.2, 0) is 15.8 Å². The fraction of sp³-hybridized carbons (Fsp3) is 0.167. The Kier molecular flexibility index (Phi) is 7.48. The van der Waals surface area contributed by atoms with Gasteiger partial charge in [0.05, 0.1) is 27.4 Å². The first kappa shape index (κ1) is 22.8. The average molecular weight is 443 g/mol. The van der Waals surface area contributed by atoms with Crippen molar-refractivity contribution in [1.82, 2.24) is 5.43 Å². The summed E-state index contributed by atoms with van der Waals surface area (Å²) in [5, 5.41) is 16.4. The zero-order chi connectivity index (χ0) is 22.3. The largest absolute Gasteiger partial charge is 0.416 e. The molecule has 2 N–H and O–H groups in total. The minimum absolute atomic E-state index is 0.0755. The van der Waals surface area contributed by atoms with Gasteiger partial charge in [-0.05, 0) is 35.9 Å². The van der Waals surface area contributed by atoms with E-state index in [1.807, 2.05) is 0 Å². The van der Waals surface area contributed by atoms with Crippen LogP contribution in [-0.4, -0.2) is 23.0 Å². The number of benzene rings is 2. The van der Waals surface area contributed by atoms with E-state index in [4.69, 9.17) is 11.6 Å². The van der Waals surface area contributed by atoms with Crippen molar-refractivity contribution in [2.75, 3.05) is 5.32 Å². The van der Waals surface area contributed by atoms with Gasteiger partial charge in [-0.1, -0.05) is 11.6 Å². The zero-order valence-corrected chi connectivity index (χ0v) is 15.8. The van der Waals surface area contributed by atoms with Gasteiger partial charge in [-0.2, -0.15) is 18.3 Å². The molecule has 0 bridgehead atoms. The summed E-state index contributed by atoms with van der Waals surface area (Å²) < 4.78 is 38.2. The second-order valence-corrected chi connectivity index (χ2v) is 6.29. The maximum atomic E-state index is 12.7. The van der Waals surface area contributed by atoms with E-state index in [1.165, 1.54) is 30.5 Å². The number of nitro benzene ring substituents is 1. The molecule has 0 saturated heterocycles. The normalized spacial score (nSPS) is 11.3. The van der Waals surface area contributed by atoms with Gasteiger partial charge < -0.3 is 5.32 Å². The summed E-state index contributed by atoms with van der Waals surface area (Å²) in [5.41, 5.74) is 1.39. The monoisotopic (exact) mass is 442 g/mol. The Balaban J connectivity index is 1.83. The molecule has 2 rings (SSSR count). The van der Waals surface area contributed by atoms with E-state index in [9.17, 15) is 32.9 Å². The number of hydrazone groups is 1. The summed E-state index contributed by atoms with van der Waals surface area (Å²) in [5.74, 6) is -1.32. The highest BCUT2D eigenvalue weighted by molar-refractivity contribution is 6.33. The van der Waals surface area contributed by atoms with E-state index in [2.05, 4.69) is 15.8 Å². The van der Waals surface area contributed by atoms with Crippen LogP contribution in [0.15, 0.2) is 47.6 Å². The van der Waals surface area contributed by atoms with Crippen LogP contribution in [0.4, 0.5) is 24.5 Å². The number of nitrogens with one attached hydrogen (secondary N) is 2. The van der Waals surface area contributed by atoms with E-state index < -0.39 is 28.5 Å². The molecule has 0 atom stereocenters. The minimum Gasteiger partial charge on any atom is -0.325 e. The molecular weight excluding hydrogens is 429 g/mol. The summed E-state index contributed by atoms with van der Waals surface area (Å²) in [6.45, 7) is 0. The number of rotatable bonds is 7. The summed E-state index contributed by atoms with van der Waals surface area (Å²) in [4.78, 5) is 33.6. The highest BCUT2D eigenvalue weighted by Gasteiger charge is 2.31. The van der Waals surface area contributed by atoms with Crippen molar-refractivity contribution in [1.29, 1.82) is 0 Å². The lowest BCUT2D eigenvalue weighted by molar-refractivity contribution is -0.384. The molecule has 0 spiro atoms. The first-order valence-electron chi connectivity index (χ1n) is 8.29. The van der Waals surface area contributed by atoms with Gasteiger partial charge in [0.2, 0.25) is 11.8 Å². The smallest absolute Gasteiger partial charge is 0.325 e.